The van der Waals surface area contributed by atoms with E-state index in [0.29, 0.717) is 30.1 Å². The number of anilines is 2. The third kappa shape index (κ3) is 4.31. The van der Waals surface area contributed by atoms with Crippen LogP contribution in [0.4, 0.5) is 11.4 Å². The molecule has 146 valence electrons. The lowest BCUT2D eigenvalue weighted by molar-refractivity contribution is 0.415. The van der Waals surface area contributed by atoms with Gasteiger partial charge in [-0.05, 0) is 55.3 Å². The highest BCUT2D eigenvalue weighted by Crippen LogP contribution is 2.29. The number of benzene rings is 2. The molecule has 1 aliphatic rings. The van der Waals surface area contributed by atoms with Crippen LogP contribution in [0.15, 0.2) is 47.4 Å². The summed E-state index contributed by atoms with van der Waals surface area (Å²) in [6, 6.07) is 10.3. The zero-order chi connectivity index (χ0) is 19.7. The van der Waals surface area contributed by atoms with Crippen LogP contribution in [0.25, 0.3) is 0 Å². The highest BCUT2D eigenvalue weighted by molar-refractivity contribution is 7.93. The SMILES string of the molecule is COc1ccc(NS(=O)(=O)c2ccc(N3CCCCS3(=O)=O)cc2)cc1Cl. The van der Waals surface area contributed by atoms with E-state index in [1.807, 2.05) is 0 Å². The molecule has 0 aromatic heterocycles. The molecule has 2 aromatic rings. The van der Waals surface area contributed by atoms with Gasteiger partial charge in [-0.2, -0.15) is 0 Å². The molecule has 1 heterocycles. The van der Waals surface area contributed by atoms with E-state index in [9.17, 15) is 16.8 Å². The number of rotatable bonds is 5. The van der Waals surface area contributed by atoms with Crippen LogP contribution in [0.3, 0.4) is 0 Å². The van der Waals surface area contributed by atoms with Gasteiger partial charge in [0.15, 0.2) is 0 Å². The lowest BCUT2D eigenvalue weighted by Gasteiger charge is -2.28. The average molecular weight is 431 g/mol. The van der Waals surface area contributed by atoms with Gasteiger partial charge < -0.3 is 4.74 Å². The molecular weight excluding hydrogens is 412 g/mol. The van der Waals surface area contributed by atoms with Crippen molar-refractivity contribution >= 4 is 43.0 Å². The van der Waals surface area contributed by atoms with Crippen molar-refractivity contribution in [3.63, 3.8) is 0 Å². The number of nitrogens with one attached hydrogen (secondary N) is 1. The van der Waals surface area contributed by atoms with Gasteiger partial charge in [0.2, 0.25) is 10.0 Å². The summed E-state index contributed by atoms with van der Waals surface area (Å²) < 4.78 is 58.3. The minimum Gasteiger partial charge on any atom is -0.495 e. The molecule has 0 atom stereocenters. The Bertz CT molecular complexity index is 1040. The van der Waals surface area contributed by atoms with E-state index in [1.165, 1.54) is 47.8 Å². The summed E-state index contributed by atoms with van der Waals surface area (Å²) in [7, 11) is -5.72. The molecule has 0 radical (unpaired) electrons. The van der Waals surface area contributed by atoms with Crippen LogP contribution in [-0.4, -0.2) is 36.2 Å². The van der Waals surface area contributed by atoms with Crippen LogP contribution in [0, 0.1) is 0 Å². The molecule has 0 bridgehead atoms. The van der Waals surface area contributed by atoms with Crippen LogP contribution in [-0.2, 0) is 20.0 Å². The van der Waals surface area contributed by atoms with Gasteiger partial charge in [0.1, 0.15) is 5.75 Å². The summed E-state index contributed by atoms with van der Waals surface area (Å²) in [6.45, 7) is 0.400. The lowest BCUT2D eigenvalue weighted by Crippen LogP contribution is -2.37. The quantitative estimate of drug-likeness (QED) is 0.786. The van der Waals surface area contributed by atoms with Gasteiger partial charge in [-0.15, -0.1) is 0 Å². The molecule has 0 unspecified atom stereocenters. The predicted molar refractivity (Wildman–Crippen MR) is 106 cm³/mol. The highest BCUT2D eigenvalue weighted by Gasteiger charge is 2.26. The fraction of sp³-hybridized carbons (Fsp3) is 0.294. The Balaban J connectivity index is 1.82. The maximum absolute atomic E-state index is 12.6. The largest absolute Gasteiger partial charge is 0.495 e. The van der Waals surface area contributed by atoms with Crippen molar-refractivity contribution in [3.8, 4) is 5.75 Å². The topological polar surface area (TPSA) is 92.8 Å². The Morgan fingerprint density at radius 1 is 1.11 bits per heavy atom. The van der Waals surface area contributed by atoms with Crippen molar-refractivity contribution in [2.24, 2.45) is 0 Å². The number of halogens is 1. The summed E-state index contributed by atoms with van der Waals surface area (Å²) in [4.78, 5) is 0.0209. The number of hydrogen-bond acceptors (Lipinski definition) is 5. The molecular formula is C17H19ClN2O5S2. The number of nitrogens with zero attached hydrogens (tertiary/aromatic N) is 1. The van der Waals surface area contributed by atoms with Crippen molar-refractivity contribution in [1.29, 1.82) is 0 Å². The normalized spacial score (nSPS) is 16.7. The van der Waals surface area contributed by atoms with Gasteiger partial charge in [0.25, 0.3) is 10.0 Å². The summed E-state index contributed by atoms with van der Waals surface area (Å²) in [5, 5.41) is 0.281. The Morgan fingerprint density at radius 2 is 1.81 bits per heavy atom. The second-order valence-electron chi connectivity index (χ2n) is 6.04. The van der Waals surface area contributed by atoms with Crippen molar-refractivity contribution < 1.29 is 21.6 Å². The predicted octanol–water partition coefficient (Wildman–Crippen LogP) is 3.08. The maximum Gasteiger partial charge on any atom is 0.261 e. The Labute approximate surface area is 164 Å². The van der Waals surface area contributed by atoms with E-state index in [0.717, 1.165) is 6.42 Å². The van der Waals surface area contributed by atoms with E-state index in [1.54, 1.807) is 6.07 Å². The fourth-order valence-corrected chi connectivity index (χ4v) is 5.76. The first-order valence-electron chi connectivity index (χ1n) is 8.20. The molecule has 0 saturated carbocycles. The van der Waals surface area contributed by atoms with Crippen molar-refractivity contribution in [2.45, 2.75) is 17.7 Å². The molecule has 0 aliphatic carbocycles. The minimum atomic E-state index is -3.84. The molecule has 0 spiro atoms. The Morgan fingerprint density at radius 3 is 2.41 bits per heavy atom. The van der Waals surface area contributed by atoms with Gasteiger partial charge in [-0.3, -0.25) is 9.03 Å². The second-order valence-corrected chi connectivity index (χ2v) is 10.1. The third-order valence-electron chi connectivity index (χ3n) is 4.19. The summed E-state index contributed by atoms with van der Waals surface area (Å²) in [6.07, 6.45) is 1.42. The zero-order valence-electron chi connectivity index (χ0n) is 14.6. The molecule has 7 nitrogen and oxygen atoms in total. The summed E-state index contributed by atoms with van der Waals surface area (Å²) >= 11 is 6.02. The first kappa shape index (κ1) is 19.8. The van der Waals surface area contributed by atoms with E-state index in [2.05, 4.69) is 4.72 Å². The number of sulfonamides is 2. The molecule has 1 N–H and O–H groups in total. The second kappa shape index (κ2) is 7.57. The first-order chi connectivity index (χ1) is 12.7. The van der Waals surface area contributed by atoms with Gasteiger partial charge in [0, 0.05) is 6.54 Å². The minimum absolute atomic E-state index is 0.0209. The first-order valence-corrected chi connectivity index (χ1v) is 11.7. The van der Waals surface area contributed by atoms with Gasteiger partial charge in [0.05, 0.1) is 34.2 Å². The third-order valence-corrected chi connectivity index (χ3v) is 7.75. The van der Waals surface area contributed by atoms with E-state index in [4.69, 9.17) is 16.3 Å². The molecule has 1 aliphatic heterocycles. The fourth-order valence-electron chi connectivity index (χ4n) is 2.81. The monoisotopic (exact) mass is 430 g/mol. The smallest absolute Gasteiger partial charge is 0.261 e. The van der Waals surface area contributed by atoms with Gasteiger partial charge in [-0.1, -0.05) is 11.6 Å². The molecule has 3 rings (SSSR count). The Hall–Kier alpha value is -1.97. The van der Waals surface area contributed by atoms with Crippen LogP contribution in [0.5, 0.6) is 5.75 Å². The maximum atomic E-state index is 12.6. The van der Waals surface area contributed by atoms with Gasteiger partial charge >= 0.3 is 0 Å². The zero-order valence-corrected chi connectivity index (χ0v) is 16.9. The lowest BCUT2D eigenvalue weighted by atomic mass is 10.3. The van der Waals surface area contributed by atoms with Crippen molar-refractivity contribution in [2.75, 3.05) is 28.4 Å². The summed E-state index contributed by atoms with van der Waals surface area (Å²) in [5.74, 6) is 0.541. The van der Waals surface area contributed by atoms with Gasteiger partial charge in [-0.25, -0.2) is 16.8 Å². The molecule has 1 fully saturated rings. The van der Waals surface area contributed by atoms with Crippen molar-refractivity contribution in [1.82, 2.24) is 0 Å². The van der Waals surface area contributed by atoms with Crippen LogP contribution >= 0.6 is 11.6 Å². The highest BCUT2D eigenvalue weighted by atomic mass is 35.5. The molecule has 10 heteroatoms. The number of methoxy groups -OCH3 is 1. The van der Waals surface area contributed by atoms with E-state index < -0.39 is 20.0 Å². The standard InChI is InChI=1S/C17H19ClN2O5S2/c1-25-17-9-4-13(12-16(17)18)19-27(23,24)15-7-5-14(6-8-15)20-10-2-3-11-26(20,21)22/h4-9,12,19H,2-3,10-11H2,1H3. The molecule has 2 aromatic carbocycles. The summed E-state index contributed by atoms with van der Waals surface area (Å²) in [5.41, 5.74) is 0.754. The van der Waals surface area contributed by atoms with Crippen molar-refractivity contribution in [3.05, 3.63) is 47.5 Å². The number of hydrogen-bond donors (Lipinski definition) is 1. The number of ether oxygens (including phenoxy) is 1. The van der Waals surface area contributed by atoms with E-state index >= 15 is 0 Å². The van der Waals surface area contributed by atoms with Crippen LogP contribution in [0.1, 0.15) is 12.8 Å². The van der Waals surface area contributed by atoms with Crippen LogP contribution < -0.4 is 13.8 Å². The average Bonchev–Trinajstić information content (AvgIpc) is 2.61. The molecule has 1 saturated heterocycles. The molecule has 27 heavy (non-hydrogen) atoms. The molecule has 0 amide bonds. The van der Waals surface area contributed by atoms with E-state index in [-0.39, 0.29) is 15.7 Å². The van der Waals surface area contributed by atoms with Crippen LogP contribution in [0.2, 0.25) is 5.02 Å². The Kier molecular flexibility index (Phi) is 5.55.